The van der Waals surface area contributed by atoms with Gasteiger partial charge in [0.25, 0.3) is 0 Å². The Morgan fingerprint density at radius 2 is 1.86 bits per heavy atom. The lowest BCUT2D eigenvalue weighted by Crippen LogP contribution is -2.57. The van der Waals surface area contributed by atoms with Gasteiger partial charge in [0.05, 0.1) is 11.1 Å². The molecular formula is C15H21F2NO2S. The highest BCUT2D eigenvalue weighted by atomic mass is 32.2. The molecule has 0 saturated carbocycles. The summed E-state index contributed by atoms with van der Waals surface area (Å²) in [5.74, 6) is -1.53. The summed E-state index contributed by atoms with van der Waals surface area (Å²) in [4.78, 5) is 12.4. The van der Waals surface area contributed by atoms with Crippen LogP contribution >= 0.6 is 11.8 Å². The Hall–Kier alpha value is -1.14. The van der Waals surface area contributed by atoms with E-state index in [1.807, 2.05) is 0 Å². The normalized spacial score (nSPS) is 12.3. The lowest BCUT2D eigenvalue weighted by atomic mass is 9.86. The largest absolute Gasteiger partial charge is 0.388 e. The van der Waals surface area contributed by atoms with Crippen LogP contribution in [0.25, 0.3) is 0 Å². The topological polar surface area (TPSA) is 49.3 Å². The average Bonchev–Trinajstić information content (AvgIpc) is 2.31. The fourth-order valence-corrected chi connectivity index (χ4v) is 2.27. The summed E-state index contributed by atoms with van der Waals surface area (Å²) in [5, 5.41) is 12.7. The molecule has 3 nitrogen and oxygen atoms in total. The van der Waals surface area contributed by atoms with Gasteiger partial charge >= 0.3 is 0 Å². The van der Waals surface area contributed by atoms with Crippen molar-refractivity contribution >= 4 is 17.7 Å². The highest BCUT2D eigenvalue weighted by molar-refractivity contribution is 7.99. The molecule has 118 valence electrons. The predicted octanol–water partition coefficient (Wildman–Crippen LogP) is 3.11. The van der Waals surface area contributed by atoms with E-state index < -0.39 is 22.8 Å². The van der Waals surface area contributed by atoms with Crippen molar-refractivity contribution in [3.63, 3.8) is 0 Å². The van der Waals surface area contributed by atoms with Gasteiger partial charge in [-0.05, 0) is 45.9 Å². The number of hydrogen-bond acceptors (Lipinski definition) is 3. The summed E-state index contributed by atoms with van der Waals surface area (Å²) < 4.78 is 25.8. The van der Waals surface area contributed by atoms with Gasteiger partial charge in [-0.25, -0.2) is 8.78 Å². The lowest BCUT2D eigenvalue weighted by Gasteiger charge is -2.38. The maximum absolute atomic E-state index is 13.0. The maximum atomic E-state index is 13.0. The van der Waals surface area contributed by atoms with Gasteiger partial charge in [-0.1, -0.05) is 0 Å². The second-order valence-electron chi connectivity index (χ2n) is 5.91. The van der Waals surface area contributed by atoms with Crippen LogP contribution < -0.4 is 5.32 Å². The van der Waals surface area contributed by atoms with Crippen molar-refractivity contribution in [1.82, 2.24) is 5.32 Å². The number of halogens is 2. The molecular weight excluding hydrogens is 296 g/mol. The number of rotatable bonds is 6. The predicted molar refractivity (Wildman–Crippen MR) is 80.2 cm³/mol. The molecule has 0 aliphatic heterocycles. The van der Waals surface area contributed by atoms with E-state index in [0.717, 1.165) is 12.1 Å². The highest BCUT2D eigenvalue weighted by Crippen LogP contribution is 2.23. The third-order valence-corrected chi connectivity index (χ3v) is 4.47. The second kappa shape index (κ2) is 6.75. The monoisotopic (exact) mass is 317 g/mol. The van der Waals surface area contributed by atoms with Gasteiger partial charge in [-0.2, -0.15) is 0 Å². The summed E-state index contributed by atoms with van der Waals surface area (Å²) in [7, 11) is 0. The summed E-state index contributed by atoms with van der Waals surface area (Å²) in [6, 6.07) is 3.65. The zero-order valence-corrected chi connectivity index (χ0v) is 13.5. The molecule has 0 aromatic heterocycles. The van der Waals surface area contributed by atoms with Gasteiger partial charge in [0.15, 0.2) is 11.6 Å². The minimum Gasteiger partial charge on any atom is -0.388 e. The van der Waals surface area contributed by atoms with Crippen molar-refractivity contribution in [1.29, 1.82) is 0 Å². The first-order valence-corrected chi connectivity index (χ1v) is 7.63. The molecule has 0 aliphatic carbocycles. The molecule has 0 bridgehead atoms. The van der Waals surface area contributed by atoms with Crippen LogP contribution in [0.1, 0.15) is 34.1 Å². The van der Waals surface area contributed by atoms with E-state index in [1.54, 1.807) is 27.7 Å². The van der Waals surface area contributed by atoms with Crippen molar-refractivity contribution in [2.75, 3.05) is 5.75 Å². The van der Waals surface area contributed by atoms with E-state index in [4.69, 9.17) is 0 Å². The number of nitrogens with one attached hydrogen (secondary N) is 1. The summed E-state index contributed by atoms with van der Waals surface area (Å²) in [5.41, 5.74) is -1.80. The van der Waals surface area contributed by atoms with Gasteiger partial charge in [0.1, 0.15) is 0 Å². The summed E-state index contributed by atoms with van der Waals surface area (Å²) >= 11 is 1.28. The van der Waals surface area contributed by atoms with Crippen molar-refractivity contribution in [3.05, 3.63) is 29.8 Å². The molecule has 0 heterocycles. The van der Waals surface area contributed by atoms with Crippen molar-refractivity contribution in [2.45, 2.75) is 50.2 Å². The second-order valence-corrected chi connectivity index (χ2v) is 7.07. The van der Waals surface area contributed by atoms with Gasteiger partial charge < -0.3 is 10.4 Å². The molecule has 6 heteroatoms. The van der Waals surface area contributed by atoms with E-state index in [0.29, 0.717) is 10.6 Å². The first-order chi connectivity index (χ1) is 9.53. The van der Waals surface area contributed by atoms with Crippen LogP contribution in [0.3, 0.4) is 0 Å². The van der Waals surface area contributed by atoms with Crippen LogP contribution in [0.2, 0.25) is 0 Å². The third-order valence-electron chi connectivity index (χ3n) is 3.47. The van der Waals surface area contributed by atoms with Crippen molar-refractivity contribution in [3.8, 4) is 0 Å². The van der Waals surface area contributed by atoms with Gasteiger partial charge in [0.2, 0.25) is 5.91 Å². The molecule has 1 amide bonds. The van der Waals surface area contributed by atoms with Crippen molar-refractivity contribution < 1.29 is 18.7 Å². The Bertz CT molecular complexity index is 513. The lowest BCUT2D eigenvalue weighted by molar-refractivity contribution is -0.125. The van der Waals surface area contributed by atoms with Crippen LogP contribution in [0.15, 0.2) is 23.1 Å². The molecule has 0 atom stereocenters. The van der Waals surface area contributed by atoms with Gasteiger partial charge in [-0.15, -0.1) is 11.8 Å². The van der Waals surface area contributed by atoms with Gasteiger partial charge in [-0.3, -0.25) is 4.79 Å². The minimum atomic E-state index is -1.05. The molecule has 2 N–H and O–H groups in total. The standard InChI is InChI=1S/C15H21F2NO2S/c1-14(2,15(3,4)20)18-13(19)7-8-21-10-5-6-11(16)12(17)9-10/h5-6,9,20H,7-8H2,1-4H3,(H,18,19). The number of hydrogen-bond donors (Lipinski definition) is 2. The van der Waals surface area contributed by atoms with Crippen LogP contribution in [0, 0.1) is 11.6 Å². The van der Waals surface area contributed by atoms with Crippen molar-refractivity contribution in [2.24, 2.45) is 0 Å². The van der Waals surface area contributed by atoms with E-state index in [9.17, 15) is 18.7 Å². The zero-order valence-electron chi connectivity index (χ0n) is 12.7. The number of carbonyl (C=O) groups is 1. The Morgan fingerprint density at radius 1 is 1.24 bits per heavy atom. The van der Waals surface area contributed by atoms with Crippen LogP contribution in [0.5, 0.6) is 0 Å². The third kappa shape index (κ3) is 5.28. The van der Waals surface area contributed by atoms with Gasteiger partial charge in [0, 0.05) is 17.1 Å². The average molecular weight is 317 g/mol. The first-order valence-electron chi connectivity index (χ1n) is 6.64. The molecule has 1 aromatic rings. The first kappa shape index (κ1) is 17.9. The SMILES string of the molecule is CC(C)(O)C(C)(C)NC(=O)CCSc1ccc(F)c(F)c1. The molecule has 1 rings (SSSR count). The quantitative estimate of drug-likeness (QED) is 0.793. The van der Waals surface area contributed by atoms with E-state index >= 15 is 0 Å². The summed E-state index contributed by atoms with van der Waals surface area (Å²) in [6.07, 6.45) is 0.225. The number of benzene rings is 1. The fraction of sp³-hybridized carbons (Fsp3) is 0.533. The molecule has 21 heavy (non-hydrogen) atoms. The zero-order chi connectivity index (χ0) is 16.3. The Morgan fingerprint density at radius 3 is 2.38 bits per heavy atom. The maximum Gasteiger partial charge on any atom is 0.221 e. The minimum absolute atomic E-state index is 0.197. The number of carbonyl (C=O) groups excluding carboxylic acids is 1. The van der Waals surface area contributed by atoms with Crippen LogP contribution in [-0.2, 0) is 4.79 Å². The molecule has 0 unspecified atom stereocenters. The molecule has 0 spiro atoms. The fourth-order valence-electron chi connectivity index (χ4n) is 1.39. The van der Waals surface area contributed by atoms with E-state index in [2.05, 4.69) is 5.32 Å². The van der Waals surface area contributed by atoms with E-state index in [1.165, 1.54) is 17.8 Å². The Balaban J connectivity index is 2.45. The molecule has 0 aliphatic rings. The summed E-state index contributed by atoms with van der Waals surface area (Å²) in [6.45, 7) is 6.74. The number of aliphatic hydroxyl groups is 1. The van der Waals surface area contributed by atoms with Crippen LogP contribution in [0.4, 0.5) is 8.78 Å². The van der Waals surface area contributed by atoms with Crippen LogP contribution in [-0.4, -0.2) is 27.9 Å². The molecule has 0 radical (unpaired) electrons. The van der Waals surface area contributed by atoms with E-state index in [-0.39, 0.29) is 12.3 Å². The molecule has 0 fully saturated rings. The molecule has 0 saturated heterocycles. The highest BCUT2D eigenvalue weighted by Gasteiger charge is 2.36. The number of thioether (sulfide) groups is 1. The Kier molecular flexibility index (Phi) is 5.75. The molecule has 1 aromatic carbocycles. The number of amides is 1. The smallest absolute Gasteiger partial charge is 0.221 e. The Labute approximate surface area is 128 Å².